The number of nitrogens with zero attached hydrogens (tertiary/aromatic N) is 1. The number of ether oxygens (including phenoxy) is 1. The van der Waals surface area contributed by atoms with Crippen molar-refractivity contribution in [2.24, 2.45) is 0 Å². The molecule has 0 fully saturated rings. The van der Waals surface area contributed by atoms with Gasteiger partial charge in [0.25, 0.3) is 5.91 Å². The summed E-state index contributed by atoms with van der Waals surface area (Å²) in [7, 11) is 1.81. The quantitative estimate of drug-likeness (QED) is 0.585. The van der Waals surface area contributed by atoms with Crippen LogP contribution in [0.4, 0.5) is 0 Å². The molecule has 3 aromatic rings. The molecule has 0 N–H and O–H groups in total. The Morgan fingerprint density at radius 2 is 2.07 bits per heavy atom. The second kappa shape index (κ2) is 7.91. The molecule has 1 heterocycles. The van der Waals surface area contributed by atoms with Crippen LogP contribution < -0.4 is 10.4 Å². The molecule has 2 aromatic carbocycles. The molecule has 0 spiro atoms. The highest BCUT2D eigenvalue weighted by atomic mass is 35.5. The van der Waals surface area contributed by atoms with Crippen LogP contribution in [0.15, 0.2) is 51.7 Å². The molecule has 1 aromatic heterocycles. The lowest BCUT2D eigenvalue weighted by atomic mass is 9.87. The summed E-state index contributed by atoms with van der Waals surface area (Å²) < 4.78 is 10.9. The normalized spacial score (nSPS) is 15.8. The van der Waals surface area contributed by atoms with Crippen molar-refractivity contribution in [3.05, 3.63) is 74.6 Å². The summed E-state index contributed by atoms with van der Waals surface area (Å²) in [6, 6.07) is 13.0. The fourth-order valence-corrected chi connectivity index (χ4v) is 4.19. The predicted octanol–water partition coefficient (Wildman–Crippen LogP) is 4.67. The summed E-state index contributed by atoms with van der Waals surface area (Å²) in [6.45, 7) is 1.67. The number of hydrogen-bond acceptors (Lipinski definition) is 4. The van der Waals surface area contributed by atoms with E-state index >= 15 is 0 Å². The first kappa shape index (κ1) is 19.5. The van der Waals surface area contributed by atoms with E-state index in [0.29, 0.717) is 16.4 Å². The summed E-state index contributed by atoms with van der Waals surface area (Å²) in [5.74, 6) is 0.187. The average Bonchev–Trinajstić information content (AvgIpc) is 2.71. The summed E-state index contributed by atoms with van der Waals surface area (Å²) >= 11 is 6.32. The van der Waals surface area contributed by atoms with Crippen LogP contribution in [-0.2, 0) is 11.2 Å². The van der Waals surface area contributed by atoms with Crippen molar-refractivity contribution in [1.82, 2.24) is 4.90 Å². The van der Waals surface area contributed by atoms with Crippen molar-refractivity contribution in [1.29, 1.82) is 0 Å². The SMILES string of the molecule is Cc1cc(=O)oc2cc(OCC(=O)N(C)[C@@H]3CCCc4ccccc43)c(Cl)cc12. The number of benzene rings is 2. The molecule has 0 saturated heterocycles. The largest absolute Gasteiger partial charge is 0.482 e. The van der Waals surface area contributed by atoms with Gasteiger partial charge < -0.3 is 14.1 Å². The molecule has 0 bridgehead atoms. The van der Waals surface area contributed by atoms with E-state index in [1.165, 1.54) is 17.2 Å². The number of aryl methyl sites for hydroxylation is 2. The lowest BCUT2D eigenvalue weighted by Gasteiger charge is -2.33. The van der Waals surface area contributed by atoms with Gasteiger partial charge >= 0.3 is 5.63 Å². The summed E-state index contributed by atoms with van der Waals surface area (Å²) in [5, 5.41) is 1.11. The summed E-state index contributed by atoms with van der Waals surface area (Å²) in [5.41, 5.74) is 3.23. The second-order valence-electron chi connectivity index (χ2n) is 7.43. The van der Waals surface area contributed by atoms with Gasteiger partial charge in [0.2, 0.25) is 0 Å². The smallest absolute Gasteiger partial charge is 0.336 e. The van der Waals surface area contributed by atoms with Crippen molar-refractivity contribution in [2.75, 3.05) is 13.7 Å². The van der Waals surface area contributed by atoms with Crippen molar-refractivity contribution < 1.29 is 13.9 Å². The Bertz CT molecular complexity index is 1140. The Kier molecular flexibility index (Phi) is 5.33. The number of hydrogen-bond donors (Lipinski definition) is 0. The van der Waals surface area contributed by atoms with Gasteiger partial charge in [-0.05, 0) is 48.9 Å². The summed E-state index contributed by atoms with van der Waals surface area (Å²) in [4.78, 5) is 26.2. The zero-order valence-electron chi connectivity index (χ0n) is 16.4. The molecule has 29 heavy (non-hydrogen) atoms. The molecular formula is C23H22ClNO4. The second-order valence-corrected chi connectivity index (χ2v) is 7.83. The third kappa shape index (κ3) is 3.87. The highest BCUT2D eigenvalue weighted by Crippen LogP contribution is 2.34. The van der Waals surface area contributed by atoms with Crippen molar-refractivity contribution in [3.8, 4) is 5.75 Å². The molecular weight excluding hydrogens is 390 g/mol. The van der Waals surface area contributed by atoms with E-state index in [2.05, 4.69) is 12.1 Å². The highest BCUT2D eigenvalue weighted by Gasteiger charge is 2.26. The van der Waals surface area contributed by atoms with Crippen LogP contribution in [0.3, 0.4) is 0 Å². The zero-order valence-corrected chi connectivity index (χ0v) is 17.2. The maximum atomic E-state index is 12.8. The standard InChI is InChI=1S/C23H22ClNO4/c1-14-10-23(27)29-20-12-21(18(24)11-17(14)20)28-13-22(26)25(2)19-9-5-7-15-6-3-4-8-16(15)19/h3-4,6,8,10-12,19H,5,7,9,13H2,1-2H3/t19-/m1/s1. The maximum absolute atomic E-state index is 12.8. The predicted molar refractivity (Wildman–Crippen MR) is 113 cm³/mol. The van der Waals surface area contributed by atoms with Crippen LogP contribution >= 0.6 is 11.6 Å². The lowest BCUT2D eigenvalue weighted by molar-refractivity contribution is -0.134. The zero-order chi connectivity index (χ0) is 20.5. The Hall–Kier alpha value is -2.79. The minimum absolute atomic E-state index is 0.0452. The van der Waals surface area contributed by atoms with E-state index in [9.17, 15) is 9.59 Å². The topological polar surface area (TPSA) is 59.8 Å². The first-order chi connectivity index (χ1) is 13.9. The van der Waals surface area contributed by atoms with Crippen molar-refractivity contribution >= 4 is 28.5 Å². The van der Waals surface area contributed by atoms with Gasteiger partial charge in [0.15, 0.2) is 6.61 Å². The number of fused-ring (bicyclic) bond motifs is 2. The van der Waals surface area contributed by atoms with Gasteiger partial charge in [-0.3, -0.25) is 4.79 Å². The minimum Gasteiger partial charge on any atom is -0.482 e. The number of carbonyl (C=O) groups is 1. The van der Waals surface area contributed by atoms with Crippen molar-refractivity contribution in [3.63, 3.8) is 0 Å². The number of rotatable bonds is 4. The monoisotopic (exact) mass is 411 g/mol. The van der Waals surface area contributed by atoms with Gasteiger partial charge in [0.1, 0.15) is 11.3 Å². The van der Waals surface area contributed by atoms with Gasteiger partial charge in [0.05, 0.1) is 11.1 Å². The van der Waals surface area contributed by atoms with Gasteiger partial charge in [-0.25, -0.2) is 4.79 Å². The fraction of sp³-hybridized carbons (Fsp3) is 0.304. The van der Waals surface area contributed by atoms with Crippen molar-refractivity contribution in [2.45, 2.75) is 32.2 Å². The lowest BCUT2D eigenvalue weighted by Crippen LogP contribution is -2.36. The van der Waals surface area contributed by atoms with E-state index in [-0.39, 0.29) is 18.6 Å². The van der Waals surface area contributed by atoms with Crippen LogP contribution in [0.1, 0.15) is 35.6 Å². The Labute approximate surface area is 173 Å². The van der Waals surface area contributed by atoms with E-state index in [4.69, 9.17) is 20.8 Å². The van der Waals surface area contributed by atoms with Gasteiger partial charge in [-0.2, -0.15) is 0 Å². The van der Waals surface area contributed by atoms with Crippen LogP contribution in [0.2, 0.25) is 5.02 Å². The molecule has 1 amide bonds. The maximum Gasteiger partial charge on any atom is 0.336 e. The van der Waals surface area contributed by atoms with Gasteiger partial charge in [-0.1, -0.05) is 35.9 Å². The first-order valence-corrected chi connectivity index (χ1v) is 10.0. The van der Waals surface area contributed by atoms with E-state index in [1.54, 1.807) is 17.0 Å². The third-order valence-corrected chi connectivity index (χ3v) is 5.85. The molecule has 0 unspecified atom stereocenters. The third-order valence-electron chi connectivity index (χ3n) is 5.55. The number of likely N-dealkylation sites (N-methyl/N-ethyl adjacent to an activating group) is 1. The minimum atomic E-state index is -0.435. The average molecular weight is 412 g/mol. The Morgan fingerprint density at radius 1 is 1.28 bits per heavy atom. The fourth-order valence-electron chi connectivity index (χ4n) is 3.98. The van der Waals surface area contributed by atoms with Gasteiger partial charge in [0, 0.05) is 24.6 Å². The van der Waals surface area contributed by atoms with E-state index in [0.717, 1.165) is 30.2 Å². The van der Waals surface area contributed by atoms with Crippen LogP contribution in [0.5, 0.6) is 5.75 Å². The molecule has 5 nitrogen and oxygen atoms in total. The van der Waals surface area contributed by atoms with Crippen LogP contribution in [0, 0.1) is 6.92 Å². The Balaban J connectivity index is 1.51. The molecule has 0 saturated carbocycles. The molecule has 1 aliphatic carbocycles. The highest BCUT2D eigenvalue weighted by molar-refractivity contribution is 6.32. The number of carbonyl (C=O) groups excluding carboxylic acids is 1. The molecule has 150 valence electrons. The first-order valence-electron chi connectivity index (χ1n) is 9.64. The number of halogens is 1. The van der Waals surface area contributed by atoms with E-state index in [1.807, 2.05) is 26.1 Å². The molecule has 0 radical (unpaired) electrons. The van der Waals surface area contributed by atoms with E-state index < -0.39 is 5.63 Å². The van der Waals surface area contributed by atoms with Crippen LogP contribution in [-0.4, -0.2) is 24.5 Å². The molecule has 1 atom stereocenters. The van der Waals surface area contributed by atoms with Gasteiger partial charge in [-0.15, -0.1) is 0 Å². The summed E-state index contributed by atoms with van der Waals surface area (Å²) in [6.07, 6.45) is 3.03. The molecule has 0 aliphatic heterocycles. The molecule has 1 aliphatic rings. The van der Waals surface area contributed by atoms with Crippen LogP contribution in [0.25, 0.3) is 11.0 Å². The number of amides is 1. The molecule has 4 rings (SSSR count). The molecule has 6 heteroatoms. The Morgan fingerprint density at radius 3 is 2.90 bits per heavy atom.